The van der Waals surface area contributed by atoms with Crippen molar-refractivity contribution in [3.05, 3.63) is 66.0 Å². The Bertz CT molecular complexity index is 547. The van der Waals surface area contributed by atoms with Gasteiger partial charge in [0.05, 0.1) is 6.04 Å². The minimum atomic E-state index is 0.0213. The molecule has 0 saturated heterocycles. The van der Waals surface area contributed by atoms with Crippen molar-refractivity contribution in [1.29, 1.82) is 0 Å². The number of nitrogens with one attached hydrogen (secondary N) is 2. The molecule has 0 aliphatic heterocycles. The van der Waals surface area contributed by atoms with Crippen molar-refractivity contribution in [2.24, 2.45) is 0 Å². The smallest absolute Gasteiger partial charge is 0.167 e. The van der Waals surface area contributed by atoms with E-state index in [0.717, 1.165) is 25.1 Å². The van der Waals surface area contributed by atoms with Gasteiger partial charge < -0.3 is 15.5 Å². The fraction of sp³-hybridized carbons (Fsp3) is 0.333. The van der Waals surface area contributed by atoms with E-state index in [0.29, 0.717) is 5.11 Å². The Labute approximate surface area is 143 Å². The molecule has 2 rings (SSSR count). The SMILES string of the molecule is CN(C)CCCNC(=S)N[C@@H](c1ccccc1)c1ccncc1. The maximum Gasteiger partial charge on any atom is 0.167 e. The molecule has 1 aromatic heterocycles. The second kappa shape index (κ2) is 9.22. The molecule has 0 aliphatic carbocycles. The summed E-state index contributed by atoms with van der Waals surface area (Å²) in [6.45, 7) is 1.91. The highest BCUT2D eigenvalue weighted by Crippen LogP contribution is 2.21. The zero-order valence-electron chi connectivity index (χ0n) is 13.7. The van der Waals surface area contributed by atoms with Gasteiger partial charge in [-0.15, -0.1) is 0 Å². The fourth-order valence-corrected chi connectivity index (χ4v) is 2.56. The zero-order chi connectivity index (χ0) is 16.5. The molecule has 23 heavy (non-hydrogen) atoms. The molecule has 0 saturated carbocycles. The van der Waals surface area contributed by atoms with E-state index in [1.807, 2.05) is 30.3 Å². The standard InChI is InChI=1S/C18H24N4S/c1-22(2)14-6-11-20-18(23)21-17(15-7-4-3-5-8-15)16-9-12-19-13-10-16/h3-5,7-10,12-13,17H,6,11,14H2,1-2H3,(H2,20,21,23)/t17-/m0/s1. The molecule has 0 amide bonds. The molecule has 1 aromatic carbocycles. The monoisotopic (exact) mass is 328 g/mol. The first-order chi connectivity index (χ1) is 11.2. The van der Waals surface area contributed by atoms with E-state index >= 15 is 0 Å². The van der Waals surface area contributed by atoms with E-state index in [-0.39, 0.29) is 6.04 Å². The van der Waals surface area contributed by atoms with Crippen LogP contribution in [0.2, 0.25) is 0 Å². The number of benzene rings is 1. The van der Waals surface area contributed by atoms with Gasteiger partial charge in [-0.05, 0) is 62.5 Å². The normalized spacial score (nSPS) is 12.0. The Morgan fingerprint density at radius 1 is 1.09 bits per heavy atom. The molecule has 0 aliphatic rings. The maximum absolute atomic E-state index is 5.46. The van der Waals surface area contributed by atoms with Crippen LogP contribution in [-0.4, -0.2) is 42.2 Å². The van der Waals surface area contributed by atoms with Crippen LogP contribution in [0.25, 0.3) is 0 Å². The zero-order valence-corrected chi connectivity index (χ0v) is 14.5. The van der Waals surface area contributed by atoms with E-state index in [1.165, 1.54) is 5.56 Å². The molecule has 0 bridgehead atoms. The molecular formula is C18H24N4S. The van der Waals surface area contributed by atoms with Crippen LogP contribution in [0.5, 0.6) is 0 Å². The number of rotatable bonds is 7. The molecule has 5 heteroatoms. The highest BCUT2D eigenvalue weighted by Gasteiger charge is 2.14. The third kappa shape index (κ3) is 5.96. The number of aromatic nitrogens is 1. The number of pyridine rings is 1. The van der Waals surface area contributed by atoms with Gasteiger partial charge in [-0.1, -0.05) is 30.3 Å². The summed E-state index contributed by atoms with van der Waals surface area (Å²) in [5.41, 5.74) is 2.32. The van der Waals surface area contributed by atoms with Crippen LogP contribution in [0.1, 0.15) is 23.6 Å². The summed E-state index contributed by atoms with van der Waals surface area (Å²) in [6, 6.07) is 14.4. The highest BCUT2D eigenvalue weighted by atomic mass is 32.1. The van der Waals surface area contributed by atoms with Crippen LogP contribution in [0.15, 0.2) is 54.9 Å². The van der Waals surface area contributed by atoms with Gasteiger partial charge in [-0.25, -0.2) is 0 Å². The Kier molecular flexibility index (Phi) is 6.97. The number of hydrogen-bond donors (Lipinski definition) is 2. The van der Waals surface area contributed by atoms with Gasteiger partial charge in [0.2, 0.25) is 0 Å². The Balaban J connectivity index is 2.00. The summed E-state index contributed by atoms with van der Waals surface area (Å²) in [7, 11) is 4.15. The van der Waals surface area contributed by atoms with E-state index in [1.54, 1.807) is 12.4 Å². The van der Waals surface area contributed by atoms with Gasteiger partial charge in [-0.2, -0.15) is 0 Å². The Morgan fingerprint density at radius 3 is 2.39 bits per heavy atom. The van der Waals surface area contributed by atoms with Gasteiger partial charge >= 0.3 is 0 Å². The average Bonchev–Trinajstić information content (AvgIpc) is 2.58. The quantitative estimate of drug-likeness (QED) is 0.604. The third-order valence-corrected chi connectivity index (χ3v) is 3.78. The second-order valence-corrected chi connectivity index (χ2v) is 6.09. The second-order valence-electron chi connectivity index (χ2n) is 5.68. The van der Waals surface area contributed by atoms with E-state index < -0.39 is 0 Å². The van der Waals surface area contributed by atoms with Crippen molar-refractivity contribution >= 4 is 17.3 Å². The topological polar surface area (TPSA) is 40.2 Å². The Hall–Kier alpha value is -1.98. The van der Waals surface area contributed by atoms with E-state index in [9.17, 15) is 0 Å². The van der Waals surface area contributed by atoms with Gasteiger partial charge in [0.1, 0.15) is 0 Å². The number of thiocarbonyl (C=S) groups is 1. The molecule has 122 valence electrons. The molecule has 0 spiro atoms. The van der Waals surface area contributed by atoms with Crippen LogP contribution in [0.4, 0.5) is 0 Å². The molecule has 2 N–H and O–H groups in total. The third-order valence-electron chi connectivity index (χ3n) is 3.52. The van der Waals surface area contributed by atoms with Crippen LogP contribution < -0.4 is 10.6 Å². The Morgan fingerprint density at radius 2 is 1.74 bits per heavy atom. The summed E-state index contributed by atoms with van der Waals surface area (Å²) < 4.78 is 0. The van der Waals surface area contributed by atoms with Crippen LogP contribution in [-0.2, 0) is 0 Å². The first kappa shape index (κ1) is 17.4. The van der Waals surface area contributed by atoms with Crippen molar-refractivity contribution in [2.75, 3.05) is 27.2 Å². The van der Waals surface area contributed by atoms with E-state index in [4.69, 9.17) is 12.2 Å². The average molecular weight is 328 g/mol. The molecule has 0 unspecified atom stereocenters. The van der Waals surface area contributed by atoms with Gasteiger partial charge in [0.15, 0.2) is 5.11 Å². The predicted molar refractivity (Wildman–Crippen MR) is 99.4 cm³/mol. The molecule has 0 radical (unpaired) electrons. The van der Waals surface area contributed by atoms with Crippen LogP contribution >= 0.6 is 12.2 Å². The van der Waals surface area contributed by atoms with Crippen LogP contribution in [0, 0.1) is 0 Å². The van der Waals surface area contributed by atoms with Gasteiger partial charge in [0, 0.05) is 18.9 Å². The first-order valence-electron chi connectivity index (χ1n) is 7.81. The predicted octanol–water partition coefficient (Wildman–Crippen LogP) is 2.59. The lowest BCUT2D eigenvalue weighted by atomic mass is 10.00. The fourth-order valence-electron chi connectivity index (χ4n) is 2.34. The minimum Gasteiger partial charge on any atom is -0.363 e. The summed E-state index contributed by atoms with van der Waals surface area (Å²) >= 11 is 5.46. The summed E-state index contributed by atoms with van der Waals surface area (Å²) in [5.74, 6) is 0. The summed E-state index contributed by atoms with van der Waals surface area (Å²) in [6.07, 6.45) is 4.67. The molecule has 1 heterocycles. The van der Waals surface area contributed by atoms with Crippen molar-refractivity contribution in [3.63, 3.8) is 0 Å². The van der Waals surface area contributed by atoms with Gasteiger partial charge in [-0.3, -0.25) is 4.98 Å². The maximum atomic E-state index is 5.46. The van der Waals surface area contributed by atoms with E-state index in [2.05, 4.69) is 46.7 Å². The van der Waals surface area contributed by atoms with Crippen LogP contribution in [0.3, 0.4) is 0 Å². The number of nitrogens with zero attached hydrogens (tertiary/aromatic N) is 2. The molecule has 1 atom stereocenters. The van der Waals surface area contributed by atoms with Crippen molar-refractivity contribution in [1.82, 2.24) is 20.5 Å². The molecular weight excluding hydrogens is 304 g/mol. The summed E-state index contributed by atoms with van der Waals surface area (Å²) in [4.78, 5) is 6.27. The lowest BCUT2D eigenvalue weighted by molar-refractivity contribution is 0.400. The van der Waals surface area contributed by atoms with Gasteiger partial charge in [0.25, 0.3) is 0 Å². The summed E-state index contributed by atoms with van der Waals surface area (Å²) in [5, 5.41) is 7.38. The lowest BCUT2D eigenvalue weighted by Gasteiger charge is -2.22. The lowest BCUT2D eigenvalue weighted by Crippen LogP contribution is -2.39. The highest BCUT2D eigenvalue weighted by molar-refractivity contribution is 7.80. The van der Waals surface area contributed by atoms with Crippen molar-refractivity contribution in [2.45, 2.75) is 12.5 Å². The minimum absolute atomic E-state index is 0.0213. The first-order valence-corrected chi connectivity index (χ1v) is 8.21. The molecule has 2 aromatic rings. The van der Waals surface area contributed by atoms with Crippen molar-refractivity contribution < 1.29 is 0 Å². The molecule has 4 nitrogen and oxygen atoms in total. The largest absolute Gasteiger partial charge is 0.363 e. The molecule has 0 fully saturated rings. The van der Waals surface area contributed by atoms with Crippen molar-refractivity contribution in [3.8, 4) is 0 Å². The number of hydrogen-bond acceptors (Lipinski definition) is 3.